The molecule has 0 unspecified atom stereocenters. The van der Waals surface area contributed by atoms with Crippen molar-refractivity contribution in [1.29, 1.82) is 0 Å². The van der Waals surface area contributed by atoms with E-state index < -0.39 is 0 Å². The molecule has 1 aliphatic carbocycles. The van der Waals surface area contributed by atoms with Crippen molar-refractivity contribution >= 4 is 17.6 Å². The van der Waals surface area contributed by atoms with Gasteiger partial charge in [0.15, 0.2) is 0 Å². The van der Waals surface area contributed by atoms with E-state index in [0.717, 1.165) is 28.9 Å². The van der Waals surface area contributed by atoms with Crippen LogP contribution in [0.25, 0.3) is 0 Å². The molecule has 0 bridgehead atoms. The minimum Gasteiger partial charge on any atom is -0.308 e. The molecule has 1 aromatic rings. The fourth-order valence-corrected chi connectivity index (χ4v) is 3.60. The molecule has 0 aromatic carbocycles. The van der Waals surface area contributed by atoms with Gasteiger partial charge in [0.25, 0.3) is 0 Å². The summed E-state index contributed by atoms with van der Waals surface area (Å²) in [5.41, 5.74) is 3.86. The van der Waals surface area contributed by atoms with Gasteiger partial charge < -0.3 is 5.43 Å². The van der Waals surface area contributed by atoms with Crippen LogP contribution >= 0.6 is 11.8 Å². The zero-order chi connectivity index (χ0) is 12.1. The molecular formula is C12H20N4S. The number of nitrogens with one attached hydrogen (secondary N) is 1. The van der Waals surface area contributed by atoms with E-state index in [1.165, 1.54) is 31.2 Å². The molecule has 0 spiro atoms. The summed E-state index contributed by atoms with van der Waals surface area (Å²) in [7, 11) is 0. The van der Waals surface area contributed by atoms with Gasteiger partial charge in [-0.25, -0.2) is 15.8 Å². The Bertz CT molecular complexity index is 364. The van der Waals surface area contributed by atoms with Crippen LogP contribution in [-0.2, 0) is 6.42 Å². The van der Waals surface area contributed by atoms with Gasteiger partial charge in [-0.05, 0) is 19.3 Å². The van der Waals surface area contributed by atoms with E-state index in [0.29, 0.717) is 0 Å². The van der Waals surface area contributed by atoms with E-state index in [2.05, 4.69) is 22.3 Å². The number of aromatic nitrogens is 2. The highest BCUT2D eigenvalue weighted by Gasteiger charge is 2.19. The minimum absolute atomic E-state index is 0.728. The van der Waals surface area contributed by atoms with Crippen LogP contribution in [0.5, 0.6) is 0 Å². The first-order chi connectivity index (χ1) is 8.35. The zero-order valence-corrected chi connectivity index (χ0v) is 11.1. The minimum atomic E-state index is 0.728. The number of hydrazine groups is 1. The Morgan fingerprint density at radius 3 is 2.82 bits per heavy atom. The Morgan fingerprint density at radius 1 is 1.41 bits per heavy atom. The van der Waals surface area contributed by atoms with Gasteiger partial charge in [-0.3, -0.25) is 0 Å². The number of nitrogens with two attached hydrogens (primary N) is 1. The molecule has 4 nitrogen and oxygen atoms in total. The molecule has 1 saturated carbocycles. The van der Waals surface area contributed by atoms with Crippen LogP contribution in [0.4, 0.5) is 5.82 Å². The third-order valence-corrected chi connectivity index (χ3v) is 4.50. The first kappa shape index (κ1) is 12.6. The molecule has 17 heavy (non-hydrogen) atoms. The Kier molecular flexibility index (Phi) is 4.62. The first-order valence-corrected chi connectivity index (χ1v) is 7.20. The highest BCUT2D eigenvalue weighted by molar-refractivity contribution is 7.99. The highest BCUT2D eigenvalue weighted by atomic mass is 32.2. The normalized spacial score (nSPS) is 16.4. The van der Waals surface area contributed by atoms with E-state index in [1.54, 1.807) is 6.33 Å². The fourth-order valence-electron chi connectivity index (χ4n) is 2.26. The van der Waals surface area contributed by atoms with Gasteiger partial charge >= 0.3 is 0 Å². The van der Waals surface area contributed by atoms with Crippen molar-refractivity contribution in [3.63, 3.8) is 0 Å². The average Bonchev–Trinajstić information content (AvgIpc) is 2.84. The summed E-state index contributed by atoms with van der Waals surface area (Å²) < 4.78 is 0. The third-order valence-electron chi connectivity index (χ3n) is 3.12. The van der Waals surface area contributed by atoms with Gasteiger partial charge in [0.05, 0.1) is 0 Å². The van der Waals surface area contributed by atoms with Crippen LogP contribution < -0.4 is 11.3 Å². The Morgan fingerprint density at radius 2 is 2.18 bits per heavy atom. The summed E-state index contributed by atoms with van der Waals surface area (Å²) >= 11 is 1.90. The topological polar surface area (TPSA) is 63.8 Å². The number of anilines is 1. The molecule has 2 rings (SSSR count). The molecule has 94 valence electrons. The van der Waals surface area contributed by atoms with E-state index in [-0.39, 0.29) is 0 Å². The van der Waals surface area contributed by atoms with E-state index >= 15 is 0 Å². The van der Waals surface area contributed by atoms with E-state index in [9.17, 15) is 0 Å². The SMILES string of the molecule is CCCc1c(NN)ncnc1SC1CCCC1. The first-order valence-electron chi connectivity index (χ1n) is 6.32. The summed E-state index contributed by atoms with van der Waals surface area (Å²) in [6.45, 7) is 2.16. The van der Waals surface area contributed by atoms with Gasteiger partial charge in [-0.15, -0.1) is 11.8 Å². The monoisotopic (exact) mass is 252 g/mol. The van der Waals surface area contributed by atoms with Crippen molar-refractivity contribution in [3.05, 3.63) is 11.9 Å². The maximum absolute atomic E-state index is 5.51. The molecule has 0 aliphatic heterocycles. The molecule has 3 N–H and O–H groups in total. The van der Waals surface area contributed by atoms with Gasteiger partial charge in [-0.2, -0.15) is 0 Å². The lowest BCUT2D eigenvalue weighted by atomic mass is 10.2. The lowest BCUT2D eigenvalue weighted by Crippen LogP contribution is -2.13. The summed E-state index contributed by atoms with van der Waals surface area (Å²) in [6, 6.07) is 0. The molecule has 0 radical (unpaired) electrons. The van der Waals surface area contributed by atoms with Gasteiger partial charge in [0.1, 0.15) is 17.2 Å². The predicted octanol–water partition coefficient (Wildman–Crippen LogP) is 2.75. The predicted molar refractivity (Wildman–Crippen MR) is 72.0 cm³/mol. The van der Waals surface area contributed by atoms with E-state index in [4.69, 9.17) is 5.84 Å². The van der Waals surface area contributed by atoms with Crippen molar-refractivity contribution in [2.45, 2.75) is 55.7 Å². The van der Waals surface area contributed by atoms with Crippen LogP contribution in [0.15, 0.2) is 11.4 Å². The molecule has 0 saturated heterocycles. The second-order valence-corrected chi connectivity index (χ2v) is 5.71. The fraction of sp³-hybridized carbons (Fsp3) is 0.667. The second-order valence-electron chi connectivity index (χ2n) is 4.42. The van der Waals surface area contributed by atoms with Crippen LogP contribution in [0.3, 0.4) is 0 Å². The van der Waals surface area contributed by atoms with Crippen LogP contribution in [0, 0.1) is 0 Å². The molecular weight excluding hydrogens is 232 g/mol. The Hall–Kier alpha value is -0.810. The molecule has 5 heteroatoms. The highest BCUT2D eigenvalue weighted by Crippen LogP contribution is 2.36. The van der Waals surface area contributed by atoms with Crippen molar-refractivity contribution in [1.82, 2.24) is 9.97 Å². The van der Waals surface area contributed by atoms with Gasteiger partial charge in [0.2, 0.25) is 0 Å². The van der Waals surface area contributed by atoms with Crippen molar-refractivity contribution < 1.29 is 0 Å². The Balaban J connectivity index is 2.18. The summed E-state index contributed by atoms with van der Waals surface area (Å²) in [6.07, 6.45) is 9.00. The summed E-state index contributed by atoms with van der Waals surface area (Å²) in [5, 5.41) is 1.84. The van der Waals surface area contributed by atoms with Crippen molar-refractivity contribution in [3.8, 4) is 0 Å². The number of rotatable bonds is 5. The smallest absolute Gasteiger partial charge is 0.147 e. The standard InChI is InChI=1S/C12H20N4S/c1-2-5-10-11(16-13)14-8-15-12(10)17-9-6-3-4-7-9/h8-9H,2-7,13H2,1H3,(H,14,15,16). The Labute approximate surface area is 107 Å². The quantitative estimate of drug-likeness (QED) is 0.479. The zero-order valence-electron chi connectivity index (χ0n) is 10.3. The third kappa shape index (κ3) is 3.10. The number of thioether (sulfide) groups is 1. The second kappa shape index (κ2) is 6.21. The molecule has 1 aromatic heterocycles. The van der Waals surface area contributed by atoms with Crippen LogP contribution in [-0.4, -0.2) is 15.2 Å². The summed E-state index contributed by atoms with van der Waals surface area (Å²) in [5.74, 6) is 6.29. The van der Waals surface area contributed by atoms with Gasteiger partial charge in [-0.1, -0.05) is 26.2 Å². The molecule has 1 aliphatic rings. The molecule has 0 amide bonds. The molecule has 0 atom stereocenters. The number of hydrogen-bond acceptors (Lipinski definition) is 5. The van der Waals surface area contributed by atoms with Crippen LogP contribution in [0.1, 0.15) is 44.6 Å². The number of nitrogens with zero attached hydrogens (tertiary/aromatic N) is 2. The number of nitrogen functional groups attached to an aromatic ring is 1. The maximum Gasteiger partial charge on any atom is 0.147 e. The largest absolute Gasteiger partial charge is 0.308 e. The number of hydrogen-bond donors (Lipinski definition) is 2. The van der Waals surface area contributed by atoms with Crippen molar-refractivity contribution in [2.24, 2.45) is 5.84 Å². The van der Waals surface area contributed by atoms with Crippen LogP contribution in [0.2, 0.25) is 0 Å². The lowest BCUT2D eigenvalue weighted by Gasteiger charge is -2.14. The van der Waals surface area contributed by atoms with Crippen molar-refractivity contribution in [2.75, 3.05) is 5.43 Å². The molecule has 1 heterocycles. The maximum atomic E-state index is 5.51. The lowest BCUT2D eigenvalue weighted by molar-refractivity contribution is 0.845. The summed E-state index contributed by atoms with van der Waals surface area (Å²) in [4.78, 5) is 8.62. The molecule has 1 fully saturated rings. The average molecular weight is 252 g/mol. The van der Waals surface area contributed by atoms with Gasteiger partial charge in [0, 0.05) is 10.8 Å². The van der Waals surface area contributed by atoms with E-state index in [1.807, 2.05) is 11.8 Å².